The number of fused-ring (bicyclic) bond motifs is 1. The number of nitrogens with zero attached hydrogens (tertiary/aromatic N) is 3. The molecule has 1 aliphatic heterocycles. The first-order valence-corrected chi connectivity index (χ1v) is 12.7. The molecule has 0 bridgehead atoms. The van der Waals surface area contributed by atoms with Gasteiger partial charge in [-0.1, -0.05) is 29.8 Å². The Morgan fingerprint density at radius 3 is 2.59 bits per heavy atom. The highest BCUT2D eigenvalue weighted by atomic mass is 16.5. The lowest BCUT2D eigenvalue weighted by Crippen LogP contribution is -2.47. The summed E-state index contributed by atoms with van der Waals surface area (Å²) in [5.41, 5.74) is 8.33. The fourth-order valence-electron chi connectivity index (χ4n) is 5.09. The third kappa shape index (κ3) is 5.30. The topological polar surface area (TPSA) is 58.8 Å². The van der Waals surface area contributed by atoms with E-state index in [-0.39, 0.29) is 5.91 Å². The molecular formula is C31H33N3O3. The average Bonchev–Trinajstić information content (AvgIpc) is 3.31. The first-order chi connectivity index (χ1) is 17.9. The molecule has 0 radical (unpaired) electrons. The number of aryl methyl sites for hydroxylation is 2. The molecule has 0 unspecified atom stereocenters. The molecule has 190 valence electrons. The molecule has 6 heteroatoms. The van der Waals surface area contributed by atoms with E-state index in [2.05, 4.69) is 54.1 Å². The van der Waals surface area contributed by atoms with Crippen LogP contribution in [0.25, 0.3) is 27.7 Å². The van der Waals surface area contributed by atoms with Crippen LogP contribution in [0.1, 0.15) is 29.2 Å². The number of pyridine rings is 1. The Balaban J connectivity index is 1.36. The summed E-state index contributed by atoms with van der Waals surface area (Å²) >= 11 is 0. The monoisotopic (exact) mass is 495 g/mol. The largest absolute Gasteiger partial charge is 0.496 e. The van der Waals surface area contributed by atoms with Crippen LogP contribution in [-0.2, 0) is 11.3 Å². The number of carbonyl (C=O) groups excluding carboxylic acids is 1. The van der Waals surface area contributed by atoms with Gasteiger partial charge in [0.2, 0.25) is 5.91 Å². The number of ether oxygens (including phenoxy) is 1. The first-order valence-electron chi connectivity index (χ1n) is 12.7. The van der Waals surface area contributed by atoms with Crippen LogP contribution in [0.5, 0.6) is 5.75 Å². The van der Waals surface area contributed by atoms with E-state index in [1.54, 1.807) is 25.6 Å². The Morgan fingerprint density at radius 1 is 1.08 bits per heavy atom. The lowest BCUT2D eigenvalue weighted by atomic mass is 9.96. The minimum absolute atomic E-state index is 0.0301. The van der Waals surface area contributed by atoms with E-state index in [4.69, 9.17) is 9.15 Å². The molecule has 1 fully saturated rings. The zero-order valence-electron chi connectivity index (χ0n) is 22.0. The maximum atomic E-state index is 13.2. The Hall–Kier alpha value is -3.90. The second-order valence-corrected chi connectivity index (χ2v) is 9.81. The minimum atomic E-state index is 0.0301. The van der Waals surface area contributed by atoms with E-state index in [0.29, 0.717) is 18.8 Å². The molecule has 0 saturated carbocycles. The maximum Gasteiger partial charge on any atom is 0.246 e. The van der Waals surface area contributed by atoms with Crippen LogP contribution >= 0.6 is 0 Å². The van der Waals surface area contributed by atoms with E-state index in [9.17, 15) is 4.79 Å². The Labute approximate surface area is 218 Å². The fraction of sp³-hybridized carbons (Fsp3) is 0.290. The first kappa shape index (κ1) is 24.8. The van der Waals surface area contributed by atoms with E-state index < -0.39 is 0 Å². The second-order valence-electron chi connectivity index (χ2n) is 9.81. The van der Waals surface area contributed by atoms with Crippen molar-refractivity contribution < 1.29 is 13.9 Å². The van der Waals surface area contributed by atoms with E-state index in [1.165, 1.54) is 16.7 Å². The molecule has 0 atom stereocenters. The van der Waals surface area contributed by atoms with Crippen molar-refractivity contribution >= 4 is 22.4 Å². The summed E-state index contributed by atoms with van der Waals surface area (Å²) in [7, 11) is 1.65. The van der Waals surface area contributed by atoms with E-state index >= 15 is 0 Å². The minimum Gasteiger partial charge on any atom is -0.496 e. The van der Waals surface area contributed by atoms with Crippen molar-refractivity contribution in [3.05, 3.63) is 89.5 Å². The number of aromatic nitrogens is 1. The number of rotatable bonds is 6. The summed E-state index contributed by atoms with van der Waals surface area (Å²) in [5.74, 6) is 0.722. The Kier molecular flexibility index (Phi) is 7.10. The van der Waals surface area contributed by atoms with Gasteiger partial charge in [-0.15, -0.1) is 0 Å². The molecule has 0 spiro atoms. The number of benzene rings is 2. The number of amides is 1. The number of furan rings is 1. The molecule has 6 nitrogen and oxygen atoms in total. The Morgan fingerprint density at radius 2 is 1.89 bits per heavy atom. The van der Waals surface area contributed by atoms with Crippen LogP contribution in [-0.4, -0.2) is 54.0 Å². The van der Waals surface area contributed by atoms with Gasteiger partial charge >= 0.3 is 0 Å². The molecule has 0 N–H and O–H groups in total. The molecule has 1 amide bonds. The van der Waals surface area contributed by atoms with Crippen molar-refractivity contribution in [3.8, 4) is 16.9 Å². The lowest BCUT2D eigenvalue weighted by Gasteiger charge is -2.34. The predicted molar refractivity (Wildman–Crippen MR) is 147 cm³/mol. The number of piperazine rings is 1. The highest BCUT2D eigenvalue weighted by Gasteiger charge is 2.21. The van der Waals surface area contributed by atoms with Crippen LogP contribution in [0.3, 0.4) is 0 Å². The summed E-state index contributed by atoms with van der Waals surface area (Å²) in [4.78, 5) is 21.7. The zero-order chi connectivity index (χ0) is 25.9. The van der Waals surface area contributed by atoms with Gasteiger partial charge in [-0.25, -0.2) is 0 Å². The maximum absolute atomic E-state index is 13.2. The third-order valence-electron chi connectivity index (χ3n) is 7.15. The molecule has 1 aliphatic rings. The molecule has 2 aromatic heterocycles. The third-order valence-corrected chi connectivity index (χ3v) is 7.15. The van der Waals surface area contributed by atoms with Gasteiger partial charge in [-0.05, 0) is 55.2 Å². The standard InChI is InChI=1S/C31H33N3O3/c1-21-7-8-25(22(2)14-21)28-20-37-30-17-29(36-4)26(16-27(28)30)23(3)15-31(35)34-12-10-33(11-13-34)19-24-6-5-9-32-18-24/h5-9,14-18,20H,10-13,19H2,1-4H3/b23-15+. The van der Waals surface area contributed by atoms with Crippen LogP contribution in [0.2, 0.25) is 0 Å². The molecule has 37 heavy (non-hydrogen) atoms. The molecule has 3 heterocycles. The summed E-state index contributed by atoms with van der Waals surface area (Å²) < 4.78 is 11.6. The molecule has 1 saturated heterocycles. The summed E-state index contributed by atoms with van der Waals surface area (Å²) in [5, 5.41) is 1.01. The highest BCUT2D eigenvalue weighted by molar-refractivity contribution is 6.00. The summed E-state index contributed by atoms with van der Waals surface area (Å²) in [6, 6.07) is 14.5. The summed E-state index contributed by atoms with van der Waals surface area (Å²) in [6.45, 7) is 10.1. The van der Waals surface area contributed by atoms with Gasteiger partial charge in [0.05, 0.1) is 13.4 Å². The van der Waals surface area contributed by atoms with Gasteiger partial charge < -0.3 is 14.1 Å². The van der Waals surface area contributed by atoms with Crippen molar-refractivity contribution in [2.45, 2.75) is 27.3 Å². The molecular weight excluding hydrogens is 462 g/mol. The smallest absolute Gasteiger partial charge is 0.246 e. The van der Waals surface area contributed by atoms with Gasteiger partial charge in [0.25, 0.3) is 0 Å². The SMILES string of the molecule is COc1cc2occ(-c3ccc(C)cc3C)c2cc1/C(C)=C/C(=O)N1CCN(Cc2cccnc2)CC1. The van der Waals surface area contributed by atoms with Gasteiger partial charge in [0, 0.05) is 73.8 Å². The Bertz CT molecular complexity index is 1450. The number of methoxy groups -OCH3 is 1. The number of allylic oxidation sites excluding steroid dienone is 1. The molecule has 0 aliphatic carbocycles. The number of hydrogen-bond donors (Lipinski definition) is 0. The predicted octanol–water partition coefficient (Wildman–Crippen LogP) is 5.87. The van der Waals surface area contributed by atoms with Gasteiger partial charge in [0.15, 0.2) is 0 Å². The van der Waals surface area contributed by atoms with Crippen molar-refractivity contribution in [1.82, 2.24) is 14.8 Å². The average molecular weight is 496 g/mol. The van der Waals surface area contributed by atoms with Crippen LogP contribution < -0.4 is 4.74 Å². The van der Waals surface area contributed by atoms with Crippen molar-refractivity contribution in [1.29, 1.82) is 0 Å². The van der Waals surface area contributed by atoms with Crippen molar-refractivity contribution in [3.63, 3.8) is 0 Å². The highest BCUT2D eigenvalue weighted by Crippen LogP contribution is 2.38. The second kappa shape index (κ2) is 10.6. The quantitative estimate of drug-likeness (QED) is 0.313. The van der Waals surface area contributed by atoms with Crippen LogP contribution in [0, 0.1) is 13.8 Å². The normalized spacial score (nSPS) is 14.8. The van der Waals surface area contributed by atoms with Crippen LogP contribution in [0.4, 0.5) is 0 Å². The van der Waals surface area contributed by atoms with Gasteiger partial charge in [0.1, 0.15) is 11.3 Å². The molecule has 2 aromatic carbocycles. The zero-order valence-corrected chi connectivity index (χ0v) is 22.0. The lowest BCUT2D eigenvalue weighted by molar-refractivity contribution is -0.127. The van der Waals surface area contributed by atoms with Gasteiger partial charge in [-0.2, -0.15) is 0 Å². The molecule has 4 aromatic rings. The van der Waals surface area contributed by atoms with Crippen LogP contribution in [0.15, 0.2) is 71.6 Å². The summed E-state index contributed by atoms with van der Waals surface area (Å²) in [6.07, 6.45) is 7.23. The number of carbonyl (C=O) groups is 1. The number of hydrogen-bond acceptors (Lipinski definition) is 5. The van der Waals surface area contributed by atoms with Crippen molar-refractivity contribution in [2.24, 2.45) is 0 Å². The van der Waals surface area contributed by atoms with Gasteiger partial charge in [-0.3, -0.25) is 14.7 Å². The van der Waals surface area contributed by atoms with E-state index in [1.807, 2.05) is 30.2 Å². The fourth-order valence-corrected chi connectivity index (χ4v) is 5.09. The van der Waals surface area contributed by atoms with E-state index in [0.717, 1.165) is 52.9 Å². The van der Waals surface area contributed by atoms with Crippen molar-refractivity contribution in [2.75, 3.05) is 33.3 Å². The molecule has 5 rings (SSSR count).